The number of halogens is 3. The third-order valence-corrected chi connectivity index (χ3v) is 2.01. The molecule has 17 heavy (non-hydrogen) atoms. The highest BCUT2D eigenvalue weighted by atomic mass is 19.4. The largest absolute Gasteiger partial charge is 0.411 e. The summed E-state index contributed by atoms with van der Waals surface area (Å²) in [5.74, 6) is 0.163. The van der Waals surface area contributed by atoms with Crippen molar-refractivity contribution in [3.8, 4) is 0 Å². The fraction of sp³-hybridized carbons (Fsp3) is 0.600. The van der Waals surface area contributed by atoms with Crippen molar-refractivity contribution >= 4 is 0 Å². The van der Waals surface area contributed by atoms with Crippen LogP contribution in [0, 0.1) is 6.92 Å². The van der Waals surface area contributed by atoms with Gasteiger partial charge in [-0.1, -0.05) is 0 Å². The molecular formula is C10H13F3N2O2. The van der Waals surface area contributed by atoms with E-state index in [9.17, 15) is 18.3 Å². The minimum Gasteiger partial charge on any atom is -0.389 e. The van der Waals surface area contributed by atoms with Crippen molar-refractivity contribution in [3.63, 3.8) is 0 Å². The second-order valence-corrected chi connectivity index (χ2v) is 3.61. The Balaban J connectivity index is 2.59. The smallest absolute Gasteiger partial charge is 0.389 e. The summed E-state index contributed by atoms with van der Waals surface area (Å²) >= 11 is 0. The van der Waals surface area contributed by atoms with E-state index in [1.807, 2.05) is 0 Å². The molecule has 7 heteroatoms. The maximum absolute atomic E-state index is 11.8. The van der Waals surface area contributed by atoms with Gasteiger partial charge in [-0.05, 0) is 13.8 Å². The molecule has 1 aromatic rings. The topological polar surface area (TPSA) is 55.2 Å². The van der Waals surface area contributed by atoms with E-state index in [0.29, 0.717) is 11.3 Å². The lowest BCUT2D eigenvalue weighted by atomic mass is 10.1. The molecule has 0 aliphatic carbocycles. The molecule has 0 amide bonds. The van der Waals surface area contributed by atoms with Crippen LogP contribution in [0.5, 0.6) is 0 Å². The number of nitrogens with zero attached hydrogens (tertiary/aromatic N) is 2. The molecular weight excluding hydrogens is 237 g/mol. The van der Waals surface area contributed by atoms with E-state index < -0.39 is 18.9 Å². The normalized spacial score (nSPS) is 13.8. The number of hydrogen-bond donors (Lipinski definition) is 1. The molecule has 96 valence electrons. The van der Waals surface area contributed by atoms with Gasteiger partial charge in [0.1, 0.15) is 13.2 Å². The molecule has 1 rings (SSSR count). The van der Waals surface area contributed by atoms with E-state index >= 15 is 0 Å². The van der Waals surface area contributed by atoms with E-state index in [0.717, 1.165) is 0 Å². The first-order chi connectivity index (χ1) is 7.79. The monoisotopic (exact) mass is 250 g/mol. The molecule has 0 saturated heterocycles. The van der Waals surface area contributed by atoms with Crippen LogP contribution in [0.25, 0.3) is 0 Å². The van der Waals surface area contributed by atoms with Gasteiger partial charge in [0, 0.05) is 17.5 Å². The molecule has 0 fully saturated rings. The number of alkyl halides is 3. The lowest BCUT2D eigenvalue weighted by Gasteiger charge is -2.10. The summed E-state index contributed by atoms with van der Waals surface area (Å²) in [6.45, 7) is 1.58. The Bertz CT molecular complexity index is 380. The van der Waals surface area contributed by atoms with Crippen molar-refractivity contribution in [1.82, 2.24) is 9.97 Å². The highest BCUT2D eigenvalue weighted by Crippen LogP contribution is 2.16. The standard InChI is InChI=1S/C10H13F3N2O2/c1-6-8(7(2)16)3-14-9(15-6)4-17-5-10(11,12)13/h3,7,16H,4-5H2,1-2H3. The predicted octanol–water partition coefficient (Wildman–Crippen LogP) is 1.92. The number of ether oxygens (including phenoxy) is 1. The van der Waals surface area contributed by atoms with Crippen LogP contribution < -0.4 is 0 Å². The minimum atomic E-state index is -4.35. The SMILES string of the molecule is Cc1nc(COCC(F)(F)F)ncc1C(C)O. The van der Waals surface area contributed by atoms with Gasteiger partial charge in [0.05, 0.1) is 6.10 Å². The summed E-state index contributed by atoms with van der Waals surface area (Å²) < 4.78 is 39.9. The zero-order valence-corrected chi connectivity index (χ0v) is 9.45. The van der Waals surface area contributed by atoms with Crippen LogP contribution in [0.1, 0.15) is 30.1 Å². The van der Waals surface area contributed by atoms with Gasteiger partial charge >= 0.3 is 6.18 Å². The highest BCUT2D eigenvalue weighted by molar-refractivity contribution is 5.18. The Kier molecular flexibility index (Phi) is 4.41. The Morgan fingerprint density at radius 1 is 1.47 bits per heavy atom. The van der Waals surface area contributed by atoms with Crippen LogP contribution >= 0.6 is 0 Å². The van der Waals surface area contributed by atoms with E-state index in [-0.39, 0.29) is 12.4 Å². The van der Waals surface area contributed by atoms with Gasteiger partial charge in [0.15, 0.2) is 5.82 Å². The molecule has 1 heterocycles. The molecule has 0 saturated carbocycles. The Morgan fingerprint density at radius 2 is 2.12 bits per heavy atom. The summed E-state index contributed by atoms with van der Waals surface area (Å²) in [4.78, 5) is 7.77. The molecule has 0 spiro atoms. The number of hydrogen-bond acceptors (Lipinski definition) is 4. The zero-order valence-electron chi connectivity index (χ0n) is 9.45. The summed E-state index contributed by atoms with van der Waals surface area (Å²) in [6, 6.07) is 0. The van der Waals surface area contributed by atoms with Crippen LogP contribution in [-0.4, -0.2) is 27.9 Å². The van der Waals surface area contributed by atoms with E-state index in [1.54, 1.807) is 13.8 Å². The van der Waals surface area contributed by atoms with Crippen molar-refractivity contribution in [2.24, 2.45) is 0 Å². The van der Waals surface area contributed by atoms with Crippen LogP contribution in [0.3, 0.4) is 0 Å². The summed E-state index contributed by atoms with van der Waals surface area (Å²) in [6.07, 6.45) is -3.67. The average molecular weight is 250 g/mol. The van der Waals surface area contributed by atoms with Crippen LogP contribution in [0.2, 0.25) is 0 Å². The summed E-state index contributed by atoms with van der Waals surface area (Å²) in [7, 11) is 0. The first-order valence-corrected chi connectivity index (χ1v) is 4.94. The van der Waals surface area contributed by atoms with Gasteiger partial charge in [0.2, 0.25) is 0 Å². The number of aromatic nitrogens is 2. The van der Waals surface area contributed by atoms with Crippen molar-refractivity contribution in [3.05, 3.63) is 23.3 Å². The van der Waals surface area contributed by atoms with Gasteiger partial charge in [-0.15, -0.1) is 0 Å². The molecule has 4 nitrogen and oxygen atoms in total. The van der Waals surface area contributed by atoms with Crippen molar-refractivity contribution in [2.45, 2.75) is 32.7 Å². The van der Waals surface area contributed by atoms with Gasteiger partial charge in [0.25, 0.3) is 0 Å². The fourth-order valence-electron chi connectivity index (χ4n) is 1.26. The molecule has 1 N–H and O–H groups in total. The van der Waals surface area contributed by atoms with Crippen molar-refractivity contribution in [2.75, 3.05) is 6.61 Å². The summed E-state index contributed by atoms with van der Waals surface area (Å²) in [5, 5.41) is 9.32. The Labute approximate surface area is 96.5 Å². The van der Waals surface area contributed by atoms with Gasteiger partial charge in [-0.25, -0.2) is 9.97 Å². The zero-order chi connectivity index (χ0) is 13.1. The summed E-state index contributed by atoms with van der Waals surface area (Å²) in [5.41, 5.74) is 1.07. The molecule has 0 radical (unpaired) electrons. The third-order valence-electron chi connectivity index (χ3n) is 2.01. The Hall–Kier alpha value is -1.21. The molecule has 1 unspecified atom stereocenters. The van der Waals surface area contributed by atoms with E-state index in [2.05, 4.69) is 14.7 Å². The second kappa shape index (κ2) is 5.42. The molecule has 1 atom stereocenters. The van der Waals surface area contributed by atoms with Gasteiger partial charge in [-0.2, -0.15) is 13.2 Å². The van der Waals surface area contributed by atoms with E-state index in [1.165, 1.54) is 6.20 Å². The molecule has 0 aliphatic heterocycles. The Morgan fingerprint density at radius 3 is 2.59 bits per heavy atom. The lowest BCUT2D eigenvalue weighted by Crippen LogP contribution is -2.17. The van der Waals surface area contributed by atoms with Crippen molar-refractivity contribution in [1.29, 1.82) is 0 Å². The minimum absolute atomic E-state index is 0.163. The highest BCUT2D eigenvalue weighted by Gasteiger charge is 2.27. The van der Waals surface area contributed by atoms with E-state index in [4.69, 9.17) is 0 Å². The molecule has 0 bridgehead atoms. The first kappa shape index (κ1) is 13.9. The van der Waals surface area contributed by atoms with Crippen LogP contribution in [0.15, 0.2) is 6.20 Å². The van der Waals surface area contributed by atoms with Gasteiger partial charge < -0.3 is 9.84 Å². The molecule has 0 aromatic carbocycles. The van der Waals surface area contributed by atoms with Gasteiger partial charge in [-0.3, -0.25) is 0 Å². The maximum Gasteiger partial charge on any atom is 0.411 e. The first-order valence-electron chi connectivity index (χ1n) is 4.94. The molecule has 1 aromatic heterocycles. The quantitative estimate of drug-likeness (QED) is 0.887. The van der Waals surface area contributed by atoms with Crippen LogP contribution in [0.4, 0.5) is 13.2 Å². The maximum atomic E-state index is 11.8. The number of aliphatic hydroxyl groups excluding tert-OH is 1. The average Bonchev–Trinajstić information content (AvgIpc) is 2.15. The fourth-order valence-corrected chi connectivity index (χ4v) is 1.26. The number of aliphatic hydroxyl groups is 1. The van der Waals surface area contributed by atoms with Crippen molar-refractivity contribution < 1.29 is 23.0 Å². The third kappa shape index (κ3) is 4.66. The lowest BCUT2D eigenvalue weighted by molar-refractivity contribution is -0.177. The second-order valence-electron chi connectivity index (χ2n) is 3.61. The number of rotatable bonds is 4. The molecule has 0 aliphatic rings. The van der Waals surface area contributed by atoms with Crippen LogP contribution in [-0.2, 0) is 11.3 Å². The predicted molar refractivity (Wildman–Crippen MR) is 53.1 cm³/mol. The number of aryl methyl sites for hydroxylation is 1.